The maximum Gasteiger partial charge on any atom is 0.257 e. The van der Waals surface area contributed by atoms with E-state index in [0.29, 0.717) is 29.4 Å². The van der Waals surface area contributed by atoms with Gasteiger partial charge in [0.2, 0.25) is 5.91 Å². The Morgan fingerprint density at radius 3 is 3.00 bits per heavy atom. The Hall–Kier alpha value is -3.02. The topological polar surface area (TPSA) is 71.8 Å². The van der Waals surface area contributed by atoms with Gasteiger partial charge in [0, 0.05) is 30.8 Å². The SMILES string of the molecule is O=C(/C=C/c1ccco1)Nc1ccc2c(c1)C(=O)N1CCCCC1CCO2. The third-order valence-corrected chi connectivity index (χ3v) is 5.02. The maximum absolute atomic E-state index is 13.0. The molecule has 140 valence electrons. The van der Waals surface area contributed by atoms with E-state index in [0.717, 1.165) is 32.2 Å². The lowest BCUT2D eigenvalue weighted by Gasteiger charge is -2.37. The number of nitrogens with zero attached hydrogens (tertiary/aromatic N) is 1. The zero-order valence-corrected chi connectivity index (χ0v) is 15.0. The largest absolute Gasteiger partial charge is 0.493 e. The molecule has 0 aliphatic carbocycles. The van der Waals surface area contributed by atoms with Gasteiger partial charge >= 0.3 is 0 Å². The normalized spacial score (nSPS) is 19.6. The first-order valence-electron chi connectivity index (χ1n) is 9.31. The number of fused-ring (bicyclic) bond motifs is 2. The Kier molecular flexibility index (Phi) is 4.96. The summed E-state index contributed by atoms with van der Waals surface area (Å²) >= 11 is 0. The summed E-state index contributed by atoms with van der Waals surface area (Å²) in [6.07, 6.45) is 8.61. The van der Waals surface area contributed by atoms with E-state index in [1.54, 1.807) is 42.7 Å². The smallest absolute Gasteiger partial charge is 0.257 e. The molecular formula is C21H22N2O4. The molecular weight excluding hydrogens is 344 g/mol. The fourth-order valence-corrected chi connectivity index (χ4v) is 3.66. The van der Waals surface area contributed by atoms with Gasteiger partial charge in [-0.25, -0.2) is 0 Å². The molecule has 6 heteroatoms. The highest BCUT2D eigenvalue weighted by Crippen LogP contribution is 2.30. The van der Waals surface area contributed by atoms with Gasteiger partial charge in [-0.05, 0) is 55.7 Å². The van der Waals surface area contributed by atoms with Crippen LogP contribution in [0, 0.1) is 0 Å². The molecule has 1 fully saturated rings. The van der Waals surface area contributed by atoms with Crippen molar-refractivity contribution >= 4 is 23.6 Å². The number of carbonyl (C=O) groups excluding carboxylic acids is 2. The molecule has 2 aliphatic heterocycles. The molecule has 0 radical (unpaired) electrons. The number of piperidine rings is 1. The molecule has 3 heterocycles. The van der Waals surface area contributed by atoms with Crippen LogP contribution in [0.2, 0.25) is 0 Å². The van der Waals surface area contributed by atoms with Gasteiger partial charge in [-0.2, -0.15) is 0 Å². The quantitative estimate of drug-likeness (QED) is 0.841. The van der Waals surface area contributed by atoms with Crippen LogP contribution in [0.1, 0.15) is 41.8 Å². The van der Waals surface area contributed by atoms with Crippen molar-refractivity contribution in [3.05, 3.63) is 54.0 Å². The summed E-state index contributed by atoms with van der Waals surface area (Å²) in [6, 6.07) is 8.97. The Morgan fingerprint density at radius 2 is 2.15 bits per heavy atom. The number of nitrogens with one attached hydrogen (secondary N) is 1. The molecule has 2 amide bonds. The number of amides is 2. The minimum Gasteiger partial charge on any atom is -0.493 e. The van der Waals surface area contributed by atoms with Crippen molar-refractivity contribution in [1.29, 1.82) is 0 Å². The van der Waals surface area contributed by atoms with Crippen molar-refractivity contribution in [2.24, 2.45) is 0 Å². The number of ether oxygens (including phenoxy) is 1. The highest BCUT2D eigenvalue weighted by Gasteiger charge is 2.31. The first-order chi connectivity index (χ1) is 13.2. The van der Waals surface area contributed by atoms with Crippen LogP contribution in [0.15, 0.2) is 47.1 Å². The molecule has 2 aromatic rings. The summed E-state index contributed by atoms with van der Waals surface area (Å²) in [5.41, 5.74) is 1.07. The number of hydrogen-bond donors (Lipinski definition) is 1. The standard InChI is InChI=1S/C21H22N2O4/c24-20(9-7-17-5-3-12-26-17)22-15-6-8-19-18(14-15)21(25)23-11-2-1-4-16(23)10-13-27-19/h3,5-9,12,14,16H,1-2,4,10-11,13H2,(H,22,24)/b9-7+. The Labute approximate surface area is 157 Å². The van der Waals surface area contributed by atoms with Gasteiger partial charge in [-0.15, -0.1) is 0 Å². The summed E-state index contributed by atoms with van der Waals surface area (Å²) < 4.78 is 11.0. The molecule has 1 aromatic carbocycles. The third-order valence-electron chi connectivity index (χ3n) is 5.02. The van der Waals surface area contributed by atoms with Crippen molar-refractivity contribution in [3.63, 3.8) is 0 Å². The minimum atomic E-state index is -0.290. The second-order valence-corrected chi connectivity index (χ2v) is 6.83. The van der Waals surface area contributed by atoms with Gasteiger partial charge in [0.1, 0.15) is 11.5 Å². The maximum atomic E-state index is 13.0. The minimum absolute atomic E-state index is 0.0170. The highest BCUT2D eigenvalue weighted by atomic mass is 16.5. The molecule has 2 aliphatic rings. The van der Waals surface area contributed by atoms with E-state index in [-0.39, 0.29) is 17.9 Å². The van der Waals surface area contributed by atoms with Crippen molar-refractivity contribution in [2.45, 2.75) is 31.7 Å². The van der Waals surface area contributed by atoms with Gasteiger partial charge < -0.3 is 19.4 Å². The molecule has 1 unspecified atom stereocenters. The predicted molar refractivity (Wildman–Crippen MR) is 102 cm³/mol. The van der Waals surface area contributed by atoms with E-state index < -0.39 is 0 Å². The molecule has 4 rings (SSSR count). The molecule has 1 saturated heterocycles. The summed E-state index contributed by atoms with van der Waals surface area (Å²) in [6.45, 7) is 1.38. The van der Waals surface area contributed by atoms with E-state index >= 15 is 0 Å². The summed E-state index contributed by atoms with van der Waals surface area (Å²) in [5, 5.41) is 2.79. The number of furan rings is 1. The fraction of sp³-hybridized carbons (Fsp3) is 0.333. The van der Waals surface area contributed by atoms with E-state index in [9.17, 15) is 9.59 Å². The molecule has 27 heavy (non-hydrogen) atoms. The van der Waals surface area contributed by atoms with E-state index in [1.807, 2.05) is 4.90 Å². The first-order valence-corrected chi connectivity index (χ1v) is 9.31. The number of carbonyl (C=O) groups is 2. The first kappa shape index (κ1) is 17.4. The lowest BCUT2D eigenvalue weighted by Crippen LogP contribution is -2.45. The third kappa shape index (κ3) is 3.89. The summed E-state index contributed by atoms with van der Waals surface area (Å²) in [5.74, 6) is 0.870. The van der Waals surface area contributed by atoms with Gasteiger partial charge in [0.05, 0.1) is 18.4 Å². The molecule has 0 saturated carbocycles. The van der Waals surface area contributed by atoms with Crippen LogP contribution in [0.4, 0.5) is 5.69 Å². The van der Waals surface area contributed by atoms with E-state index in [4.69, 9.17) is 9.15 Å². The van der Waals surface area contributed by atoms with Gasteiger partial charge in [-0.1, -0.05) is 0 Å². The fourth-order valence-electron chi connectivity index (χ4n) is 3.66. The lowest BCUT2D eigenvalue weighted by molar-refractivity contribution is -0.111. The average Bonchev–Trinajstić information content (AvgIpc) is 3.20. The summed E-state index contributed by atoms with van der Waals surface area (Å²) in [4.78, 5) is 27.2. The van der Waals surface area contributed by atoms with Crippen LogP contribution >= 0.6 is 0 Å². The number of anilines is 1. The molecule has 1 aromatic heterocycles. The Bertz CT molecular complexity index is 857. The van der Waals surface area contributed by atoms with Crippen molar-refractivity contribution in [2.75, 3.05) is 18.5 Å². The zero-order chi connectivity index (χ0) is 18.6. The van der Waals surface area contributed by atoms with Crippen LogP contribution < -0.4 is 10.1 Å². The second-order valence-electron chi connectivity index (χ2n) is 6.83. The van der Waals surface area contributed by atoms with E-state index in [2.05, 4.69) is 5.32 Å². The van der Waals surface area contributed by atoms with Gasteiger partial charge in [-0.3, -0.25) is 9.59 Å². The monoisotopic (exact) mass is 366 g/mol. The van der Waals surface area contributed by atoms with E-state index in [1.165, 1.54) is 6.08 Å². The molecule has 6 nitrogen and oxygen atoms in total. The van der Waals surface area contributed by atoms with Crippen LogP contribution in [-0.4, -0.2) is 35.9 Å². The Morgan fingerprint density at radius 1 is 1.22 bits per heavy atom. The second kappa shape index (κ2) is 7.70. The molecule has 0 spiro atoms. The van der Waals surface area contributed by atoms with Crippen LogP contribution in [0.5, 0.6) is 5.75 Å². The Balaban J connectivity index is 1.53. The van der Waals surface area contributed by atoms with Crippen molar-refractivity contribution in [1.82, 2.24) is 4.90 Å². The van der Waals surface area contributed by atoms with Crippen molar-refractivity contribution in [3.8, 4) is 5.75 Å². The molecule has 1 N–H and O–H groups in total. The van der Waals surface area contributed by atoms with Crippen molar-refractivity contribution < 1.29 is 18.7 Å². The number of benzene rings is 1. The highest BCUT2D eigenvalue weighted by molar-refractivity contribution is 6.03. The zero-order valence-electron chi connectivity index (χ0n) is 15.0. The molecule has 0 bridgehead atoms. The lowest BCUT2D eigenvalue weighted by atomic mass is 9.97. The van der Waals surface area contributed by atoms with Gasteiger partial charge in [0.25, 0.3) is 5.91 Å². The number of rotatable bonds is 3. The van der Waals surface area contributed by atoms with Gasteiger partial charge in [0.15, 0.2) is 0 Å². The van der Waals surface area contributed by atoms with Crippen LogP contribution in [0.25, 0.3) is 6.08 Å². The number of hydrogen-bond acceptors (Lipinski definition) is 4. The van der Waals surface area contributed by atoms with Crippen LogP contribution in [0.3, 0.4) is 0 Å². The predicted octanol–water partition coefficient (Wildman–Crippen LogP) is 3.71. The molecule has 1 atom stereocenters. The summed E-state index contributed by atoms with van der Waals surface area (Å²) in [7, 11) is 0. The average molecular weight is 366 g/mol. The van der Waals surface area contributed by atoms with Crippen LogP contribution in [-0.2, 0) is 4.79 Å².